The van der Waals surface area contributed by atoms with E-state index < -0.39 is 5.41 Å². The second-order valence-corrected chi connectivity index (χ2v) is 5.23. The van der Waals surface area contributed by atoms with Crippen molar-refractivity contribution in [3.05, 3.63) is 35.1 Å². The Hall–Kier alpha value is -1.18. The van der Waals surface area contributed by atoms with Crippen LogP contribution in [-0.4, -0.2) is 6.29 Å². The summed E-state index contributed by atoms with van der Waals surface area (Å²) < 4.78 is 13.3. The molecule has 1 aliphatic rings. The second kappa shape index (κ2) is 4.00. The maximum absolute atomic E-state index is 13.3. The van der Waals surface area contributed by atoms with Crippen molar-refractivity contribution in [2.45, 2.75) is 39.0 Å². The summed E-state index contributed by atoms with van der Waals surface area (Å²) in [7, 11) is 0. The molecule has 1 aliphatic carbocycles. The van der Waals surface area contributed by atoms with Crippen LogP contribution in [0.15, 0.2) is 18.2 Å². The maximum atomic E-state index is 13.3. The summed E-state index contributed by atoms with van der Waals surface area (Å²) in [4.78, 5) is 11.1. The van der Waals surface area contributed by atoms with Crippen molar-refractivity contribution in [3.63, 3.8) is 0 Å². The van der Waals surface area contributed by atoms with E-state index in [9.17, 15) is 9.18 Å². The number of carbonyl (C=O) groups excluding carboxylic acids is 1. The van der Waals surface area contributed by atoms with E-state index in [2.05, 4.69) is 0 Å². The lowest BCUT2D eigenvalue weighted by molar-refractivity contribution is -0.115. The number of benzene rings is 1. The molecule has 1 atom stereocenters. The van der Waals surface area contributed by atoms with E-state index in [-0.39, 0.29) is 11.7 Å². The number of carbonyl (C=O) groups is 1. The van der Waals surface area contributed by atoms with Gasteiger partial charge in [0, 0.05) is 5.41 Å². The molecule has 1 aromatic carbocycles. The van der Waals surface area contributed by atoms with Crippen LogP contribution in [0, 0.1) is 11.2 Å². The predicted octanol–water partition coefficient (Wildman–Crippen LogP) is 3.47. The number of halogens is 1. The molecule has 0 N–H and O–H groups in total. The SMILES string of the molecule is CC(C)(C=O)C1CCCc2ccc(F)cc21. The average molecular weight is 220 g/mol. The lowest BCUT2D eigenvalue weighted by atomic mass is 9.69. The third-order valence-electron chi connectivity index (χ3n) is 3.62. The van der Waals surface area contributed by atoms with Crippen molar-refractivity contribution < 1.29 is 9.18 Å². The van der Waals surface area contributed by atoms with Gasteiger partial charge in [-0.25, -0.2) is 4.39 Å². The molecule has 0 saturated carbocycles. The number of aldehydes is 1. The molecule has 0 amide bonds. The molecule has 0 saturated heterocycles. The van der Waals surface area contributed by atoms with Crippen molar-refractivity contribution in [2.75, 3.05) is 0 Å². The van der Waals surface area contributed by atoms with Gasteiger partial charge in [-0.3, -0.25) is 0 Å². The van der Waals surface area contributed by atoms with Gasteiger partial charge in [0.15, 0.2) is 0 Å². The Morgan fingerprint density at radius 2 is 2.19 bits per heavy atom. The van der Waals surface area contributed by atoms with E-state index in [1.807, 2.05) is 19.9 Å². The smallest absolute Gasteiger partial charge is 0.126 e. The van der Waals surface area contributed by atoms with Gasteiger partial charge in [0.05, 0.1) is 0 Å². The van der Waals surface area contributed by atoms with E-state index in [0.717, 1.165) is 31.1 Å². The average Bonchev–Trinajstić information content (AvgIpc) is 2.28. The highest BCUT2D eigenvalue weighted by Crippen LogP contribution is 2.42. The van der Waals surface area contributed by atoms with Crippen LogP contribution in [0.3, 0.4) is 0 Å². The minimum atomic E-state index is -0.400. The molecule has 1 aromatic rings. The number of rotatable bonds is 2. The monoisotopic (exact) mass is 220 g/mol. The van der Waals surface area contributed by atoms with Crippen molar-refractivity contribution in [3.8, 4) is 0 Å². The Balaban J connectivity index is 2.46. The molecule has 0 spiro atoms. The third-order valence-corrected chi connectivity index (χ3v) is 3.62. The Labute approximate surface area is 95.7 Å². The molecule has 16 heavy (non-hydrogen) atoms. The van der Waals surface area contributed by atoms with Gasteiger partial charge < -0.3 is 4.79 Å². The molecule has 0 aliphatic heterocycles. The third kappa shape index (κ3) is 1.89. The van der Waals surface area contributed by atoms with Crippen LogP contribution < -0.4 is 0 Å². The fraction of sp³-hybridized carbons (Fsp3) is 0.500. The zero-order valence-corrected chi connectivity index (χ0v) is 9.79. The first-order valence-corrected chi connectivity index (χ1v) is 5.79. The number of fused-ring (bicyclic) bond motifs is 1. The Kier molecular flexibility index (Phi) is 2.83. The topological polar surface area (TPSA) is 17.1 Å². The summed E-state index contributed by atoms with van der Waals surface area (Å²) in [6.07, 6.45) is 4.06. The summed E-state index contributed by atoms with van der Waals surface area (Å²) in [5.74, 6) is -0.0446. The van der Waals surface area contributed by atoms with Crippen LogP contribution in [0.1, 0.15) is 43.7 Å². The van der Waals surface area contributed by atoms with E-state index >= 15 is 0 Å². The first-order valence-electron chi connectivity index (χ1n) is 5.79. The second-order valence-electron chi connectivity index (χ2n) is 5.23. The number of hydrogen-bond acceptors (Lipinski definition) is 1. The molecule has 0 fully saturated rings. The first kappa shape index (κ1) is 11.3. The summed E-state index contributed by atoms with van der Waals surface area (Å²) in [6, 6.07) is 4.97. The predicted molar refractivity (Wildman–Crippen MR) is 61.9 cm³/mol. The maximum Gasteiger partial charge on any atom is 0.126 e. The lowest BCUT2D eigenvalue weighted by Crippen LogP contribution is -2.27. The normalized spacial score (nSPS) is 20.3. The number of hydrogen-bond donors (Lipinski definition) is 0. The van der Waals surface area contributed by atoms with Gasteiger partial charge >= 0.3 is 0 Å². The Morgan fingerprint density at radius 3 is 2.88 bits per heavy atom. The van der Waals surface area contributed by atoms with Crippen molar-refractivity contribution >= 4 is 6.29 Å². The van der Waals surface area contributed by atoms with Gasteiger partial charge in [0.2, 0.25) is 0 Å². The van der Waals surface area contributed by atoms with Crippen LogP contribution in [-0.2, 0) is 11.2 Å². The van der Waals surface area contributed by atoms with E-state index in [4.69, 9.17) is 0 Å². The van der Waals surface area contributed by atoms with Crippen LogP contribution in [0.5, 0.6) is 0 Å². The fourth-order valence-electron chi connectivity index (χ4n) is 2.62. The van der Waals surface area contributed by atoms with E-state index in [0.29, 0.717) is 0 Å². The summed E-state index contributed by atoms with van der Waals surface area (Å²) in [6.45, 7) is 3.87. The first-order chi connectivity index (χ1) is 7.54. The fourth-order valence-corrected chi connectivity index (χ4v) is 2.62. The molecule has 1 nitrogen and oxygen atoms in total. The van der Waals surface area contributed by atoms with Crippen LogP contribution in [0.2, 0.25) is 0 Å². The quantitative estimate of drug-likeness (QED) is 0.697. The van der Waals surface area contributed by atoms with Gasteiger partial charge in [-0.15, -0.1) is 0 Å². The largest absolute Gasteiger partial charge is 0.303 e. The molecule has 1 unspecified atom stereocenters. The van der Waals surface area contributed by atoms with Gasteiger partial charge in [-0.2, -0.15) is 0 Å². The number of aryl methyl sites for hydroxylation is 1. The van der Waals surface area contributed by atoms with Gasteiger partial charge in [-0.1, -0.05) is 19.9 Å². The molecular weight excluding hydrogens is 203 g/mol. The summed E-state index contributed by atoms with van der Waals surface area (Å²) in [5, 5.41) is 0. The molecule has 0 radical (unpaired) electrons. The molecule has 2 heteroatoms. The standard InChI is InChI=1S/C14H17FO/c1-14(2,9-16)13-5-3-4-10-6-7-11(15)8-12(10)13/h6-9,13H,3-5H2,1-2H3. The van der Waals surface area contributed by atoms with Crippen LogP contribution >= 0.6 is 0 Å². The van der Waals surface area contributed by atoms with Crippen molar-refractivity contribution in [1.82, 2.24) is 0 Å². The minimum Gasteiger partial charge on any atom is -0.303 e. The zero-order chi connectivity index (χ0) is 11.8. The molecule has 0 aromatic heterocycles. The van der Waals surface area contributed by atoms with Gasteiger partial charge in [-0.05, 0) is 48.4 Å². The molecular formula is C14H17FO. The molecule has 0 bridgehead atoms. The Bertz CT molecular complexity index is 409. The Morgan fingerprint density at radius 1 is 1.44 bits per heavy atom. The molecule has 86 valence electrons. The van der Waals surface area contributed by atoms with Gasteiger partial charge in [0.1, 0.15) is 12.1 Å². The highest BCUT2D eigenvalue weighted by Gasteiger charge is 2.33. The van der Waals surface area contributed by atoms with E-state index in [1.165, 1.54) is 11.6 Å². The van der Waals surface area contributed by atoms with Crippen LogP contribution in [0.25, 0.3) is 0 Å². The summed E-state index contributed by atoms with van der Waals surface area (Å²) in [5.41, 5.74) is 1.83. The highest BCUT2D eigenvalue weighted by atomic mass is 19.1. The van der Waals surface area contributed by atoms with Gasteiger partial charge in [0.25, 0.3) is 0 Å². The summed E-state index contributed by atoms with van der Waals surface area (Å²) >= 11 is 0. The zero-order valence-electron chi connectivity index (χ0n) is 9.79. The van der Waals surface area contributed by atoms with Crippen molar-refractivity contribution in [2.24, 2.45) is 5.41 Å². The minimum absolute atomic E-state index is 0.157. The van der Waals surface area contributed by atoms with Crippen molar-refractivity contribution in [1.29, 1.82) is 0 Å². The van der Waals surface area contributed by atoms with Crippen LogP contribution in [0.4, 0.5) is 4.39 Å². The molecule has 2 rings (SSSR count). The van der Waals surface area contributed by atoms with E-state index in [1.54, 1.807) is 6.07 Å². The molecule has 0 heterocycles. The lowest BCUT2D eigenvalue weighted by Gasteiger charge is -2.34. The highest BCUT2D eigenvalue weighted by molar-refractivity contribution is 5.61.